The maximum absolute atomic E-state index is 11.7. The molecule has 1 fully saturated rings. The number of aliphatic hydroxyl groups excluding tert-OH is 1. The van der Waals surface area contributed by atoms with E-state index in [2.05, 4.69) is 20.3 Å². The number of aliphatic hydroxyl groups is 1. The zero-order valence-electron chi connectivity index (χ0n) is 17.8. The smallest absolute Gasteiger partial charge is 0.267 e. The molecule has 1 aliphatic carbocycles. The van der Waals surface area contributed by atoms with E-state index in [1.807, 2.05) is 6.92 Å². The first kappa shape index (κ1) is 23.2. The van der Waals surface area contributed by atoms with E-state index in [1.54, 1.807) is 19.3 Å². The molecule has 0 spiro atoms. The number of nitrogens with one attached hydrogen (secondary N) is 1. The largest absolute Gasteiger partial charge is 0.400 e. The predicted molar refractivity (Wildman–Crippen MR) is 116 cm³/mol. The number of likely N-dealkylation sites (N-methyl/N-ethyl adjacent to an activating group) is 1. The molecule has 30 heavy (non-hydrogen) atoms. The normalized spacial score (nSPS) is 14.9. The van der Waals surface area contributed by atoms with Crippen molar-refractivity contribution in [2.45, 2.75) is 45.4 Å². The number of pyridine rings is 1. The summed E-state index contributed by atoms with van der Waals surface area (Å²) in [7, 11) is 2.65. The zero-order valence-corrected chi connectivity index (χ0v) is 17.8. The maximum atomic E-state index is 11.7. The molecule has 2 amide bonds. The van der Waals surface area contributed by atoms with Crippen LogP contribution >= 0.6 is 0 Å². The quantitative estimate of drug-likeness (QED) is 0.686. The number of amides is 2. The van der Waals surface area contributed by atoms with Crippen molar-refractivity contribution in [2.24, 2.45) is 5.73 Å². The lowest BCUT2D eigenvalue weighted by Gasteiger charge is -2.25. The second kappa shape index (κ2) is 11.2. The van der Waals surface area contributed by atoms with Crippen LogP contribution in [0.2, 0.25) is 0 Å². The van der Waals surface area contributed by atoms with Crippen LogP contribution in [0, 0.1) is 6.92 Å². The van der Waals surface area contributed by atoms with Crippen molar-refractivity contribution >= 4 is 23.5 Å². The van der Waals surface area contributed by atoms with E-state index in [0.29, 0.717) is 17.3 Å². The predicted octanol–water partition coefficient (Wildman–Crippen LogP) is 2.28. The molecule has 2 aromatic heterocycles. The summed E-state index contributed by atoms with van der Waals surface area (Å²) < 4.78 is 0. The van der Waals surface area contributed by atoms with Crippen LogP contribution in [-0.4, -0.2) is 52.6 Å². The number of fused-ring (bicyclic) bond motifs is 1. The molecular weight excluding hydrogens is 384 g/mol. The summed E-state index contributed by atoms with van der Waals surface area (Å²) in [6.07, 6.45) is 12.1. The van der Waals surface area contributed by atoms with Gasteiger partial charge in [0.05, 0.1) is 18.4 Å². The summed E-state index contributed by atoms with van der Waals surface area (Å²) in [5.41, 5.74) is 7.51. The fourth-order valence-electron chi connectivity index (χ4n) is 3.28. The van der Waals surface area contributed by atoms with Gasteiger partial charge in [0.15, 0.2) is 11.6 Å². The van der Waals surface area contributed by atoms with Gasteiger partial charge in [-0.05, 0) is 18.6 Å². The Morgan fingerprint density at radius 3 is 2.23 bits per heavy atom. The zero-order chi connectivity index (χ0) is 22.1. The third-order valence-electron chi connectivity index (χ3n) is 4.99. The van der Waals surface area contributed by atoms with E-state index in [9.17, 15) is 9.59 Å². The molecular formula is C21H30N6O3. The summed E-state index contributed by atoms with van der Waals surface area (Å²) in [5, 5.41) is 9.92. The van der Waals surface area contributed by atoms with Crippen molar-refractivity contribution in [2.75, 3.05) is 30.9 Å². The number of nitrogens with two attached hydrogens (primary N) is 1. The first-order chi connectivity index (χ1) is 14.5. The van der Waals surface area contributed by atoms with Gasteiger partial charge in [0.2, 0.25) is 5.91 Å². The number of carbonyl (C=O) groups excluding carboxylic acids is 2. The van der Waals surface area contributed by atoms with Gasteiger partial charge < -0.3 is 16.2 Å². The molecule has 1 aliphatic heterocycles. The van der Waals surface area contributed by atoms with Crippen LogP contribution in [0.4, 0.5) is 11.6 Å². The van der Waals surface area contributed by atoms with Gasteiger partial charge in [-0.1, -0.05) is 38.5 Å². The number of carbonyl (C=O) groups is 2. The van der Waals surface area contributed by atoms with Crippen LogP contribution in [0.15, 0.2) is 18.5 Å². The molecule has 2 aliphatic rings. The molecule has 1 saturated carbocycles. The van der Waals surface area contributed by atoms with Gasteiger partial charge in [0.1, 0.15) is 5.69 Å². The fourth-order valence-corrected chi connectivity index (χ4v) is 3.28. The molecule has 162 valence electrons. The minimum absolute atomic E-state index is 0.0853. The lowest BCUT2D eigenvalue weighted by molar-refractivity contribution is -0.116. The Hall–Kier alpha value is -3.07. The first-order valence-electron chi connectivity index (χ1n) is 10.1. The molecule has 2 aromatic rings. The van der Waals surface area contributed by atoms with Crippen molar-refractivity contribution in [3.05, 3.63) is 29.7 Å². The van der Waals surface area contributed by atoms with Crippen LogP contribution in [-0.2, 0) is 4.79 Å². The van der Waals surface area contributed by atoms with E-state index in [4.69, 9.17) is 10.8 Å². The highest BCUT2D eigenvalue weighted by atomic mass is 16.2. The molecule has 3 heterocycles. The third-order valence-corrected chi connectivity index (χ3v) is 4.99. The summed E-state index contributed by atoms with van der Waals surface area (Å²) in [4.78, 5) is 37.1. The number of primary amides is 1. The average molecular weight is 415 g/mol. The van der Waals surface area contributed by atoms with E-state index in [-0.39, 0.29) is 18.1 Å². The number of nitrogens with zero attached hydrogens (tertiary/aromatic N) is 4. The fraction of sp³-hybridized carbons (Fsp3) is 0.476. The summed E-state index contributed by atoms with van der Waals surface area (Å²) in [6, 6.07) is 1.60. The van der Waals surface area contributed by atoms with Crippen molar-refractivity contribution in [3.63, 3.8) is 0 Å². The Morgan fingerprint density at radius 1 is 1.10 bits per heavy atom. The van der Waals surface area contributed by atoms with Gasteiger partial charge in [0, 0.05) is 25.9 Å². The Bertz CT molecular complexity index is 872. The van der Waals surface area contributed by atoms with Gasteiger partial charge in [-0.2, -0.15) is 0 Å². The van der Waals surface area contributed by atoms with E-state index in [0.717, 1.165) is 18.2 Å². The number of hydrogen-bond acceptors (Lipinski definition) is 7. The third kappa shape index (κ3) is 5.73. The SMILES string of the molecule is C1CCCCC1.CO.Cc1cc(C(N)=O)ncc1-c1cnc2c(n1)N(C)C(=O)CN2. The van der Waals surface area contributed by atoms with E-state index < -0.39 is 5.91 Å². The number of hydrogen-bond donors (Lipinski definition) is 3. The number of rotatable bonds is 2. The first-order valence-corrected chi connectivity index (χ1v) is 10.1. The van der Waals surface area contributed by atoms with Crippen molar-refractivity contribution in [3.8, 4) is 11.3 Å². The topological polar surface area (TPSA) is 134 Å². The van der Waals surface area contributed by atoms with Gasteiger partial charge in [-0.15, -0.1) is 0 Å². The molecule has 4 rings (SSSR count). The lowest BCUT2D eigenvalue weighted by atomic mass is 10.0. The molecule has 4 N–H and O–H groups in total. The van der Waals surface area contributed by atoms with Crippen LogP contribution < -0.4 is 16.0 Å². The van der Waals surface area contributed by atoms with Crippen LogP contribution in [0.25, 0.3) is 11.3 Å². The average Bonchev–Trinajstić information content (AvgIpc) is 2.79. The van der Waals surface area contributed by atoms with Crippen LogP contribution in [0.1, 0.15) is 54.6 Å². The van der Waals surface area contributed by atoms with Gasteiger partial charge in [0.25, 0.3) is 5.91 Å². The van der Waals surface area contributed by atoms with Gasteiger partial charge in [-0.3, -0.25) is 19.5 Å². The number of aromatic nitrogens is 3. The second-order valence-corrected chi connectivity index (χ2v) is 7.10. The molecule has 0 radical (unpaired) electrons. The van der Waals surface area contributed by atoms with Crippen molar-refractivity contribution < 1.29 is 14.7 Å². The standard InChI is InChI=1S/C14H14N6O2.C6H12.CH4O/c1-7-3-9(12(15)22)16-4-8(7)10-5-17-13-14(19-10)20(2)11(21)6-18-13;1-2-4-6-5-3-1;1-2/h3-5H,6H2,1-2H3,(H2,15,22)(H,17,18);1-6H2;2H,1H3. The van der Waals surface area contributed by atoms with Crippen LogP contribution in [0.5, 0.6) is 0 Å². The molecule has 0 unspecified atom stereocenters. The summed E-state index contributed by atoms with van der Waals surface area (Å²) >= 11 is 0. The number of anilines is 2. The van der Waals surface area contributed by atoms with Crippen molar-refractivity contribution in [1.29, 1.82) is 0 Å². The summed E-state index contributed by atoms with van der Waals surface area (Å²) in [5.74, 6) is 0.357. The molecule has 0 bridgehead atoms. The highest BCUT2D eigenvalue weighted by Crippen LogP contribution is 2.28. The lowest BCUT2D eigenvalue weighted by Crippen LogP contribution is -2.38. The Morgan fingerprint density at radius 2 is 1.70 bits per heavy atom. The molecule has 0 aromatic carbocycles. The molecule has 0 atom stereocenters. The summed E-state index contributed by atoms with van der Waals surface area (Å²) in [6.45, 7) is 2.03. The second-order valence-electron chi connectivity index (χ2n) is 7.10. The molecule has 0 saturated heterocycles. The van der Waals surface area contributed by atoms with E-state index in [1.165, 1.54) is 49.6 Å². The maximum Gasteiger partial charge on any atom is 0.267 e. The Labute approximate surface area is 176 Å². The van der Waals surface area contributed by atoms with Crippen molar-refractivity contribution in [1.82, 2.24) is 15.0 Å². The molecule has 9 nitrogen and oxygen atoms in total. The Balaban J connectivity index is 0.000000340. The minimum atomic E-state index is -0.583. The Kier molecular flexibility index (Phi) is 8.67. The minimum Gasteiger partial charge on any atom is -0.400 e. The van der Waals surface area contributed by atoms with Gasteiger partial charge in [-0.25, -0.2) is 9.97 Å². The van der Waals surface area contributed by atoms with Crippen LogP contribution in [0.3, 0.4) is 0 Å². The number of aryl methyl sites for hydroxylation is 1. The molecule has 9 heteroatoms. The monoisotopic (exact) mass is 414 g/mol. The highest BCUT2D eigenvalue weighted by Gasteiger charge is 2.23. The highest BCUT2D eigenvalue weighted by molar-refractivity contribution is 6.00. The van der Waals surface area contributed by atoms with Gasteiger partial charge >= 0.3 is 0 Å². The van der Waals surface area contributed by atoms with E-state index >= 15 is 0 Å².